The summed E-state index contributed by atoms with van der Waals surface area (Å²) >= 11 is 0. The van der Waals surface area contributed by atoms with E-state index in [1.165, 1.54) is 77.0 Å². The molecule has 48 heavy (non-hydrogen) atoms. The number of phosphoric ester groups is 1. The minimum Gasteiger partial charge on any atom is -0.462 e. The van der Waals surface area contributed by atoms with Crippen molar-refractivity contribution in [1.82, 2.24) is 0 Å². The molecule has 0 aliphatic rings. The van der Waals surface area contributed by atoms with Crippen LogP contribution in [0.5, 0.6) is 0 Å². The van der Waals surface area contributed by atoms with Crippen molar-refractivity contribution < 1.29 is 43.0 Å². The first-order valence-corrected chi connectivity index (χ1v) is 20.3. The van der Waals surface area contributed by atoms with E-state index in [0.29, 0.717) is 19.3 Å². The number of phosphoric acid groups is 1. The monoisotopic (exact) mass is 700 g/mol. The molecule has 2 unspecified atom stereocenters. The maximum absolute atomic E-state index is 12.3. The number of aliphatic hydroxyl groups excluding tert-OH is 1. The Morgan fingerprint density at radius 1 is 0.708 bits per heavy atom. The van der Waals surface area contributed by atoms with Crippen LogP contribution < -0.4 is 0 Å². The summed E-state index contributed by atoms with van der Waals surface area (Å²) in [6, 6.07) is 0. The average molecular weight is 701 g/mol. The molecule has 0 rings (SSSR count). The van der Waals surface area contributed by atoms with Gasteiger partial charge in [-0.2, -0.15) is 0 Å². The van der Waals surface area contributed by atoms with Gasteiger partial charge in [0, 0.05) is 12.8 Å². The molecule has 0 aromatic heterocycles. The molecule has 0 aromatic rings. The summed E-state index contributed by atoms with van der Waals surface area (Å²) in [5, 5.41) is 10.2. The predicted molar refractivity (Wildman–Crippen MR) is 194 cm³/mol. The molecule has 0 amide bonds. The van der Waals surface area contributed by atoms with Gasteiger partial charge in [0.25, 0.3) is 0 Å². The highest BCUT2D eigenvalue weighted by molar-refractivity contribution is 7.46. The summed E-state index contributed by atoms with van der Waals surface area (Å²) in [6.07, 6.45) is 31.9. The maximum atomic E-state index is 12.3. The molecule has 9 nitrogen and oxygen atoms in total. The van der Waals surface area contributed by atoms with Crippen LogP contribution in [0.1, 0.15) is 162 Å². The predicted octanol–water partition coefficient (Wildman–Crippen LogP) is 9.84. The van der Waals surface area contributed by atoms with Crippen LogP contribution in [-0.4, -0.2) is 52.3 Å². The maximum Gasteiger partial charge on any atom is 0.469 e. The SMILES string of the molecule is CCCCCCCC/C=C/C/C=C/C=C/C(O)CCCC(=O)OC[C@H](COP(=O)(O)O)OC(=O)CCCCCCCCCCC(C)CC. The van der Waals surface area contributed by atoms with Crippen molar-refractivity contribution in [3.05, 3.63) is 36.5 Å². The standard InChI is InChI=1S/C38H69O9P/c1-4-6-7-8-9-10-11-12-13-14-18-21-24-28-35(39)29-26-31-37(40)45-32-36(33-46-48(42,43)44)47-38(41)30-25-22-19-16-15-17-20-23-27-34(3)5-2/h12-13,18,21,24,28,34-36,39H,4-11,14-17,19-20,22-23,25-27,29-33H2,1-3H3,(H2,42,43,44)/b13-12+,21-18+,28-24+/t34?,35?,36-/m1/s1. The first-order chi connectivity index (χ1) is 23.1. The van der Waals surface area contributed by atoms with E-state index in [4.69, 9.17) is 19.3 Å². The van der Waals surface area contributed by atoms with E-state index >= 15 is 0 Å². The van der Waals surface area contributed by atoms with Crippen LogP contribution in [0.4, 0.5) is 0 Å². The summed E-state index contributed by atoms with van der Waals surface area (Å²) in [6.45, 7) is 5.80. The van der Waals surface area contributed by atoms with Gasteiger partial charge >= 0.3 is 19.8 Å². The first-order valence-electron chi connectivity index (χ1n) is 18.8. The highest BCUT2D eigenvalue weighted by Gasteiger charge is 2.23. The Morgan fingerprint density at radius 3 is 2.00 bits per heavy atom. The smallest absolute Gasteiger partial charge is 0.462 e. The second kappa shape index (κ2) is 32.4. The molecule has 0 bridgehead atoms. The van der Waals surface area contributed by atoms with Crippen molar-refractivity contribution >= 4 is 19.8 Å². The molecule has 280 valence electrons. The van der Waals surface area contributed by atoms with Gasteiger partial charge in [-0.1, -0.05) is 147 Å². The zero-order chi connectivity index (χ0) is 35.7. The Bertz CT molecular complexity index is 912. The van der Waals surface area contributed by atoms with E-state index in [0.717, 1.165) is 38.0 Å². The van der Waals surface area contributed by atoms with Gasteiger partial charge < -0.3 is 24.4 Å². The number of hydrogen-bond donors (Lipinski definition) is 3. The van der Waals surface area contributed by atoms with Crippen molar-refractivity contribution in [2.75, 3.05) is 13.2 Å². The fourth-order valence-corrected chi connectivity index (χ4v) is 5.42. The van der Waals surface area contributed by atoms with Crippen LogP contribution in [0.25, 0.3) is 0 Å². The summed E-state index contributed by atoms with van der Waals surface area (Å²) in [5.74, 6) is -0.276. The zero-order valence-electron chi connectivity index (χ0n) is 30.4. The van der Waals surface area contributed by atoms with Crippen molar-refractivity contribution in [1.29, 1.82) is 0 Å². The van der Waals surface area contributed by atoms with Gasteiger partial charge in [0.2, 0.25) is 0 Å². The number of rotatable bonds is 33. The van der Waals surface area contributed by atoms with Crippen molar-refractivity contribution in [2.24, 2.45) is 5.92 Å². The molecule has 0 aliphatic heterocycles. The Hall–Kier alpha value is -1.77. The number of esters is 2. The summed E-state index contributed by atoms with van der Waals surface area (Å²) in [7, 11) is -4.79. The molecule has 0 aromatic carbocycles. The van der Waals surface area contributed by atoms with Crippen molar-refractivity contribution in [3.8, 4) is 0 Å². The Balaban J connectivity index is 4.18. The third-order valence-electron chi connectivity index (χ3n) is 8.31. The lowest BCUT2D eigenvalue weighted by atomic mass is 9.99. The highest BCUT2D eigenvalue weighted by Crippen LogP contribution is 2.36. The van der Waals surface area contributed by atoms with E-state index in [1.807, 2.05) is 12.2 Å². The number of allylic oxidation sites excluding steroid dienone is 5. The van der Waals surface area contributed by atoms with Crippen molar-refractivity contribution in [3.63, 3.8) is 0 Å². The second-order valence-corrected chi connectivity index (χ2v) is 14.2. The normalized spacial score (nSPS) is 14.2. The number of unbranched alkanes of at least 4 members (excludes halogenated alkanes) is 13. The lowest BCUT2D eigenvalue weighted by molar-refractivity contribution is -0.161. The van der Waals surface area contributed by atoms with Gasteiger partial charge in [-0.15, -0.1) is 0 Å². The summed E-state index contributed by atoms with van der Waals surface area (Å²) < 4.78 is 26.2. The highest BCUT2D eigenvalue weighted by atomic mass is 31.2. The summed E-state index contributed by atoms with van der Waals surface area (Å²) in [4.78, 5) is 42.7. The third-order valence-corrected chi connectivity index (χ3v) is 8.79. The lowest BCUT2D eigenvalue weighted by Crippen LogP contribution is -2.29. The van der Waals surface area contributed by atoms with Crippen LogP contribution in [0.3, 0.4) is 0 Å². The molecule has 3 N–H and O–H groups in total. The topological polar surface area (TPSA) is 140 Å². The van der Waals surface area contributed by atoms with Gasteiger partial charge in [-0.3, -0.25) is 14.1 Å². The fraction of sp³-hybridized carbons (Fsp3) is 0.789. The van der Waals surface area contributed by atoms with E-state index < -0.39 is 38.6 Å². The van der Waals surface area contributed by atoms with Crippen LogP contribution >= 0.6 is 7.82 Å². The van der Waals surface area contributed by atoms with Gasteiger partial charge in [0.15, 0.2) is 6.10 Å². The Morgan fingerprint density at radius 2 is 1.33 bits per heavy atom. The molecule has 0 fully saturated rings. The van der Waals surface area contributed by atoms with Crippen LogP contribution in [0, 0.1) is 5.92 Å². The van der Waals surface area contributed by atoms with E-state index in [2.05, 4.69) is 37.4 Å². The largest absolute Gasteiger partial charge is 0.469 e. The van der Waals surface area contributed by atoms with Crippen LogP contribution in [-0.2, 0) is 28.2 Å². The quantitative estimate of drug-likeness (QED) is 0.0201. The minimum atomic E-state index is -4.79. The van der Waals surface area contributed by atoms with Crippen LogP contribution in [0.2, 0.25) is 0 Å². The van der Waals surface area contributed by atoms with Gasteiger partial charge in [-0.05, 0) is 44.4 Å². The van der Waals surface area contributed by atoms with Crippen LogP contribution in [0.15, 0.2) is 36.5 Å². The molecule has 10 heteroatoms. The molecule has 3 atom stereocenters. The molecule has 0 aliphatic carbocycles. The lowest BCUT2D eigenvalue weighted by Gasteiger charge is -2.18. The molecule has 0 heterocycles. The van der Waals surface area contributed by atoms with E-state index in [1.54, 1.807) is 12.2 Å². The Labute approximate surface area is 292 Å². The first kappa shape index (κ1) is 46.2. The molecule has 0 saturated heterocycles. The molecule has 0 spiro atoms. The van der Waals surface area contributed by atoms with Gasteiger partial charge in [-0.25, -0.2) is 4.57 Å². The molecule has 0 saturated carbocycles. The number of aliphatic hydroxyl groups is 1. The molecular weight excluding hydrogens is 631 g/mol. The van der Waals surface area contributed by atoms with E-state index in [-0.39, 0.29) is 19.4 Å². The number of hydrogen-bond acceptors (Lipinski definition) is 7. The Kier molecular flexibility index (Phi) is 31.2. The number of carbonyl (C=O) groups excluding carboxylic acids is 2. The van der Waals surface area contributed by atoms with Gasteiger partial charge in [0.1, 0.15) is 6.61 Å². The number of ether oxygens (including phenoxy) is 2. The zero-order valence-corrected chi connectivity index (χ0v) is 31.3. The fourth-order valence-electron chi connectivity index (χ4n) is 5.06. The van der Waals surface area contributed by atoms with E-state index in [9.17, 15) is 19.3 Å². The number of carbonyl (C=O) groups is 2. The minimum absolute atomic E-state index is 0.0437. The van der Waals surface area contributed by atoms with Crippen molar-refractivity contribution in [2.45, 2.75) is 174 Å². The molecular formula is C38H69O9P. The second-order valence-electron chi connectivity index (χ2n) is 13.0. The summed E-state index contributed by atoms with van der Waals surface area (Å²) in [5.41, 5.74) is 0. The van der Waals surface area contributed by atoms with Gasteiger partial charge in [0.05, 0.1) is 12.7 Å². The third kappa shape index (κ3) is 34.1. The average Bonchev–Trinajstić information content (AvgIpc) is 3.04. The molecule has 0 radical (unpaired) electrons.